The first kappa shape index (κ1) is 22.6. The van der Waals surface area contributed by atoms with Gasteiger partial charge in [-0.3, -0.25) is 4.79 Å². The second kappa shape index (κ2) is 9.24. The Kier molecular flexibility index (Phi) is 6.97. The number of aromatic nitrogens is 2. The molecule has 0 aliphatic heterocycles. The van der Waals surface area contributed by atoms with Gasteiger partial charge in [-0.05, 0) is 23.8 Å². The number of alkyl halides is 3. The third-order valence-corrected chi connectivity index (χ3v) is 3.80. The lowest BCUT2D eigenvalue weighted by atomic mass is 10.0. The highest BCUT2D eigenvalue weighted by molar-refractivity contribution is 5.96. The van der Waals surface area contributed by atoms with Gasteiger partial charge in [-0.1, -0.05) is 30.3 Å². The molecule has 3 rings (SSSR count). The van der Waals surface area contributed by atoms with Crippen LogP contribution in [0.2, 0.25) is 0 Å². The fourth-order valence-electron chi connectivity index (χ4n) is 2.34. The Morgan fingerprint density at radius 3 is 2.30 bits per heavy atom. The lowest BCUT2D eigenvalue weighted by molar-refractivity contribution is -0.192. The quantitative estimate of drug-likeness (QED) is 0.370. The number of amides is 1. The summed E-state index contributed by atoms with van der Waals surface area (Å²) in [6, 6.07) is 13.3. The molecule has 0 fully saturated rings. The maximum atomic E-state index is 12.2. The summed E-state index contributed by atoms with van der Waals surface area (Å²) < 4.78 is 31.7. The Morgan fingerprint density at radius 2 is 1.73 bits per heavy atom. The van der Waals surface area contributed by atoms with Gasteiger partial charge in [-0.25, -0.2) is 9.78 Å². The van der Waals surface area contributed by atoms with Crippen LogP contribution in [0.25, 0.3) is 11.0 Å². The zero-order valence-electron chi connectivity index (χ0n) is 15.2. The number of benzene rings is 2. The number of hydrogen-bond acceptors (Lipinski definition) is 6. The van der Waals surface area contributed by atoms with Crippen LogP contribution < -0.4 is 16.8 Å². The summed E-state index contributed by atoms with van der Waals surface area (Å²) in [5.74, 6) is -3.03. The number of nitrogens with one attached hydrogen (secondary N) is 2. The van der Waals surface area contributed by atoms with E-state index in [4.69, 9.17) is 21.4 Å². The molecule has 30 heavy (non-hydrogen) atoms. The molecule has 0 bridgehead atoms. The van der Waals surface area contributed by atoms with E-state index in [1.807, 2.05) is 6.07 Å². The number of aliphatic hydroxyl groups excluding tert-OH is 1. The molecule has 12 heteroatoms. The van der Waals surface area contributed by atoms with Crippen LogP contribution >= 0.6 is 0 Å². The van der Waals surface area contributed by atoms with Crippen molar-refractivity contribution in [1.29, 1.82) is 0 Å². The molecule has 0 unspecified atom stereocenters. The summed E-state index contributed by atoms with van der Waals surface area (Å²) in [7, 11) is 0. The van der Waals surface area contributed by atoms with Crippen LogP contribution in [0.3, 0.4) is 0 Å². The lowest BCUT2D eigenvalue weighted by Gasteiger charge is -2.18. The standard InChI is InChI=1S/C16H17N5O2.C2HF3O2/c17-13(9-4-2-1-3-5-9)14(22)15(23)19-10-6-7-11-12(8-10)21-16(18)20-11;3-2(4,5)1(6)7/h1-8,13-14,22H,17H2,(H,19,23)(H3,18,20,21);(H,6,7)/t13-,14+;/m0./s1. The Hall–Kier alpha value is -3.64. The molecule has 1 aromatic heterocycles. The summed E-state index contributed by atoms with van der Waals surface area (Å²) in [6.07, 6.45) is -6.44. The number of carbonyl (C=O) groups excluding carboxylic acids is 1. The molecule has 0 saturated heterocycles. The molecule has 3 aromatic rings. The molecule has 160 valence electrons. The van der Waals surface area contributed by atoms with Crippen LogP contribution in [0.4, 0.5) is 24.8 Å². The van der Waals surface area contributed by atoms with Crippen molar-refractivity contribution in [3.8, 4) is 0 Å². The van der Waals surface area contributed by atoms with Gasteiger partial charge in [0.15, 0.2) is 12.1 Å². The topological polar surface area (TPSA) is 167 Å². The minimum atomic E-state index is -5.08. The van der Waals surface area contributed by atoms with Crippen molar-refractivity contribution in [1.82, 2.24) is 9.97 Å². The van der Waals surface area contributed by atoms with Gasteiger partial charge in [-0.15, -0.1) is 0 Å². The second-order valence-electron chi connectivity index (χ2n) is 6.03. The maximum absolute atomic E-state index is 12.2. The molecular formula is C18H18F3N5O4. The largest absolute Gasteiger partial charge is 0.490 e. The van der Waals surface area contributed by atoms with Crippen LogP contribution in [-0.4, -0.2) is 44.3 Å². The molecular weight excluding hydrogens is 407 g/mol. The van der Waals surface area contributed by atoms with Crippen molar-refractivity contribution in [2.75, 3.05) is 11.1 Å². The van der Waals surface area contributed by atoms with Gasteiger partial charge >= 0.3 is 12.1 Å². The number of imidazole rings is 1. The van der Waals surface area contributed by atoms with Gasteiger partial charge in [0.2, 0.25) is 0 Å². The van der Waals surface area contributed by atoms with Crippen LogP contribution in [0, 0.1) is 0 Å². The number of aliphatic carboxylic acids is 1. The van der Waals surface area contributed by atoms with Gasteiger partial charge < -0.3 is 32.0 Å². The number of rotatable bonds is 4. The van der Waals surface area contributed by atoms with Crippen molar-refractivity contribution in [3.63, 3.8) is 0 Å². The van der Waals surface area contributed by atoms with Crippen molar-refractivity contribution in [2.24, 2.45) is 5.73 Å². The monoisotopic (exact) mass is 425 g/mol. The van der Waals surface area contributed by atoms with E-state index in [-0.39, 0.29) is 0 Å². The van der Waals surface area contributed by atoms with Crippen molar-refractivity contribution < 1.29 is 33.0 Å². The number of aromatic amines is 1. The van der Waals surface area contributed by atoms with E-state index in [2.05, 4.69) is 15.3 Å². The summed E-state index contributed by atoms with van der Waals surface area (Å²) in [5, 5.41) is 19.9. The number of H-pyrrole nitrogens is 1. The molecule has 1 amide bonds. The number of carbonyl (C=O) groups is 2. The first-order chi connectivity index (χ1) is 14.0. The Labute approximate surface area is 167 Å². The minimum absolute atomic E-state index is 0.301. The predicted octanol–water partition coefficient (Wildman–Crippen LogP) is 1.78. The van der Waals surface area contributed by atoms with Crippen LogP contribution in [0.1, 0.15) is 11.6 Å². The zero-order chi connectivity index (χ0) is 22.5. The molecule has 0 saturated carbocycles. The van der Waals surface area contributed by atoms with E-state index in [1.165, 1.54) is 0 Å². The van der Waals surface area contributed by atoms with Gasteiger partial charge in [0.1, 0.15) is 0 Å². The summed E-state index contributed by atoms with van der Waals surface area (Å²) >= 11 is 0. The Balaban J connectivity index is 0.000000396. The zero-order valence-corrected chi connectivity index (χ0v) is 15.2. The fraction of sp³-hybridized carbons (Fsp3) is 0.167. The molecule has 9 nitrogen and oxygen atoms in total. The lowest BCUT2D eigenvalue weighted by Crippen LogP contribution is -2.37. The van der Waals surface area contributed by atoms with Crippen molar-refractivity contribution in [3.05, 3.63) is 54.1 Å². The number of halogens is 3. The highest BCUT2D eigenvalue weighted by atomic mass is 19.4. The minimum Gasteiger partial charge on any atom is -0.475 e. The number of carboxylic acid groups (broad SMARTS) is 1. The number of nitrogens with two attached hydrogens (primary N) is 2. The van der Waals surface area contributed by atoms with Crippen LogP contribution in [0.5, 0.6) is 0 Å². The number of fused-ring (bicyclic) bond motifs is 1. The summed E-state index contributed by atoms with van der Waals surface area (Å²) in [5.41, 5.74) is 14.1. The van der Waals surface area contributed by atoms with E-state index < -0.39 is 30.2 Å². The number of nitrogen functional groups attached to an aromatic ring is 1. The van der Waals surface area contributed by atoms with E-state index in [9.17, 15) is 23.1 Å². The third kappa shape index (κ3) is 5.93. The molecule has 0 aliphatic carbocycles. The van der Waals surface area contributed by atoms with E-state index in [0.717, 1.165) is 0 Å². The van der Waals surface area contributed by atoms with Crippen molar-refractivity contribution in [2.45, 2.75) is 18.3 Å². The van der Waals surface area contributed by atoms with Gasteiger partial charge in [-0.2, -0.15) is 13.2 Å². The predicted molar refractivity (Wildman–Crippen MR) is 102 cm³/mol. The first-order valence-electron chi connectivity index (χ1n) is 8.34. The third-order valence-electron chi connectivity index (χ3n) is 3.80. The average molecular weight is 425 g/mol. The molecule has 8 N–H and O–H groups in total. The van der Waals surface area contributed by atoms with E-state index in [0.29, 0.717) is 28.2 Å². The molecule has 0 spiro atoms. The molecule has 0 aliphatic rings. The van der Waals surface area contributed by atoms with Gasteiger partial charge in [0.05, 0.1) is 17.1 Å². The SMILES string of the molecule is Nc1nc2ccc(NC(=O)[C@H](O)[C@@H](N)c3ccccc3)cc2[nH]1.O=C(O)C(F)(F)F. The number of anilines is 2. The highest BCUT2D eigenvalue weighted by Gasteiger charge is 2.38. The first-order valence-corrected chi connectivity index (χ1v) is 8.34. The Morgan fingerprint density at radius 1 is 1.13 bits per heavy atom. The molecule has 2 aromatic carbocycles. The van der Waals surface area contributed by atoms with Gasteiger partial charge in [0.25, 0.3) is 5.91 Å². The van der Waals surface area contributed by atoms with Crippen molar-refractivity contribution >= 4 is 34.5 Å². The van der Waals surface area contributed by atoms with Crippen LogP contribution in [-0.2, 0) is 9.59 Å². The number of hydrogen-bond donors (Lipinski definition) is 6. The normalized spacial score (nSPS) is 13.1. The number of carboxylic acids is 1. The summed E-state index contributed by atoms with van der Waals surface area (Å²) in [6.45, 7) is 0. The average Bonchev–Trinajstić information content (AvgIpc) is 3.06. The second-order valence-corrected chi connectivity index (χ2v) is 6.03. The smallest absolute Gasteiger partial charge is 0.475 e. The summed E-state index contributed by atoms with van der Waals surface area (Å²) in [4.78, 5) is 28.0. The van der Waals surface area contributed by atoms with Crippen LogP contribution in [0.15, 0.2) is 48.5 Å². The highest BCUT2D eigenvalue weighted by Crippen LogP contribution is 2.20. The number of nitrogens with zero attached hydrogens (tertiary/aromatic N) is 1. The van der Waals surface area contributed by atoms with Gasteiger partial charge in [0, 0.05) is 5.69 Å². The molecule has 0 radical (unpaired) electrons. The fourth-order valence-corrected chi connectivity index (χ4v) is 2.34. The maximum Gasteiger partial charge on any atom is 0.490 e. The number of aliphatic hydroxyl groups is 1. The molecule has 1 heterocycles. The Bertz CT molecular complexity index is 1020. The van der Waals surface area contributed by atoms with E-state index >= 15 is 0 Å². The molecule has 2 atom stereocenters. The van der Waals surface area contributed by atoms with E-state index in [1.54, 1.807) is 42.5 Å².